The number of anilines is 2. The number of halogens is 1. The second kappa shape index (κ2) is 16.1. The number of imide groups is 2. The van der Waals surface area contributed by atoms with Gasteiger partial charge in [0.1, 0.15) is 24.0 Å². The summed E-state index contributed by atoms with van der Waals surface area (Å²) in [5.41, 5.74) is 1.95. The molecule has 8 rings (SSSR count). The highest BCUT2D eigenvalue weighted by Crippen LogP contribution is 2.55. The van der Waals surface area contributed by atoms with Crippen LogP contribution in [0.4, 0.5) is 11.4 Å². The average molecular weight is 836 g/mol. The fourth-order valence-corrected chi connectivity index (χ4v) is 10.3. The fourth-order valence-electron chi connectivity index (χ4n) is 10.1. The molecule has 5 amide bonds. The van der Waals surface area contributed by atoms with Crippen molar-refractivity contribution in [1.82, 2.24) is 30.4 Å². The van der Waals surface area contributed by atoms with Gasteiger partial charge in [-0.1, -0.05) is 39.3 Å². The van der Waals surface area contributed by atoms with Crippen LogP contribution < -0.4 is 25.2 Å². The molecule has 1 aromatic heterocycles. The summed E-state index contributed by atoms with van der Waals surface area (Å²) in [6.45, 7) is 14.4. The summed E-state index contributed by atoms with van der Waals surface area (Å²) in [4.78, 5) is 80.8. The van der Waals surface area contributed by atoms with Gasteiger partial charge >= 0.3 is 0 Å². The molecule has 15 nitrogen and oxygen atoms in total. The van der Waals surface area contributed by atoms with E-state index in [1.54, 1.807) is 42.7 Å². The number of fused-ring (bicyclic) bond motifs is 1. The molecule has 3 aromatic rings. The molecule has 2 aromatic carbocycles. The molecular weight excluding hydrogens is 786 g/mol. The van der Waals surface area contributed by atoms with Crippen molar-refractivity contribution in [2.45, 2.75) is 78.0 Å². The first-order valence-electron chi connectivity index (χ1n) is 20.7. The lowest BCUT2D eigenvalue weighted by atomic mass is 9.49. The predicted molar refractivity (Wildman–Crippen MR) is 223 cm³/mol. The molecule has 2 N–H and O–H groups in total. The largest absolute Gasteiger partial charge is 0.489 e. The minimum absolute atomic E-state index is 0.0882. The Morgan fingerprint density at radius 2 is 1.55 bits per heavy atom. The van der Waals surface area contributed by atoms with Crippen LogP contribution in [0.25, 0.3) is 0 Å². The summed E-state index contributed by atoms with van der Waals surface area (Å²) in [6, 6.07) is 11.2. The van der Waals surface area contributed by atoms with Crippen molar-refractivity contribution in [3.05, 3.63) is 76.3 Å². The van der Waals surface area contributed by atoms with Gasteiger partial charge in [0.2, 0.25) is 17.6 Å². The number of carbonyl (C=O) groups is 5. The summed E-state index contributed by atoms with van der Waals surface area (Å²) < 4.78 is 6.35. The van der Waals surface area contributed by atoms with Crippen molar-refractivity contribution in [2.24, 2.45) is 16.7 Å². The van der Waals surface area contributed by atoms with Gasteiger partial charge in [-0.2, -0.15) is 5.26 Å². The molecule has 4 aliphatic heterocycles. The first kappa shape index (κ1) is 41.2. The predicted octanol–water partition coefficient (Wildman–Crippen LogP) is 4.44. The molecule has 1 aliphatic carbocycles. The highest BCUT2D eigenvalue weighted by Gasteiger charge is 2.64. The molecular formula is C44H50ClN9O6. The van der Waals surface area contributed by atoms with Crippen LogP contribution in [0.3, 0.4) is 0 Å². The van der Waals surface area contributed by atoms with Crippen LogP contribution in [-0.4, -0.2) is 113 Å². The van der Waals surface area contributed by atoms with Crippen molar-refractivity contribution in [1.29, 1.82) is 5.26 Å². The molecule has 1 saturated carbocycles. The van der Waals surface area contributed by atoms with Crippen LogP contribution in [0.2, 0.25) is 5.02 Å². The number of carbonyl (C=O) groups excluding carboxylic acids is 5. The molecule has 0 bridgehead atoms. The summed E-state index contributed by atoms with van der Waals surface area (Å²) in [7, 11) is 0. The van der Waals surface area contributed by atoms with Crippen molar-refractivity contribution in [3.63, 3.8) is 0 Å². The second-order valence-corrected chi connectivity index (χ2v) is 18.2. The van der Waals surface area contributed by atoms with E-state index in [9.17, 15) is 29.2 Å². The molecule has 1 atom stereocenters. The maximum Gasteiger partial charge on any atom is 0.289 e. The first-order valence-corrected chi connectivity index (χ1v) is 21.1. The molecule has 314 valence electrons. The van der Waals surface area contributed by atoms with Gasteiger partial charge in [0, 0.05) is 74.3 Å². The molecule has 5 heterocycles. The molecule has 16 heteroatoms. The van der Waals surface area contributed by atoms with Crippen LogP contribution in [0.5, 0.6) is 5.75 Å². The van der Waals surface area contributed by atoms with Crippen molar-refractivity contribution in [2.75, 3.05) is 55.6 Å². The number of piperazine rings is 1. The van der Waals surface area contributed by atoms with Crippen LogP contribution >= 0.6 is 11.6 Å². The monoisotopic (exact) mass is 835 g/mol. The van der Waals surface area contributed by atoms with Crippen LogP contribution in [0.1, 0.15) is 96.7 Å². The normalized spacial score (nSPS) is 24.1. The number of hydrogen-bond acceptors (Lipinski definition) is 12. The third-order valence-corrected chi connectivity index (χ3v) is 13.6. The number of hydrogen-bond donors (Lipinski definition) is 2. The zero-order valence-corrected chi connectivity index (χ0v) is 35.1. The van der Waals surface area contributed by atoms with Crippen molar-refractivity contribution in [3.8, 4) is 11.8 Å². The molecule has 4 fully saturated rings. The maximum absolute atomic E-state index is 13.4. The van der Waals surface area contributed by atoms with E-state index in [4.69, 9.17) is 16.3 Å². The third kappa shape index (κ3) is 7.67. The topological polar surface area (TPSA) is 181 Å². The van der Waals surface area contributed by atoms with E-state index in [2.05, 4.69) is 69.1 Å². The van der Waals surface area contributed by atoms with E-state index >= 15 is 0 Å². The standard InChI is InChI=1S/C44H50ClN9O6/c1-43(2)41(44(3,4)42(43)60-30-7-5-27(23-46)33(45)22-30)50-38(57)36-47-24-29(25-48-36)52-15-12-26(13-16-52)11-14-51-17-19-53(20-18-51)28-6-8-31-32(21-28)40(59)54(39(31)58)34-9-10-35(55)49-37(34)56/h5-8,21-22,24-26,34,41-42H,9-20H2,1-4H3,(H,50,57)(H,49,55,56). The summed E-state index contributed by atoms with van der Waals surface area (Å²) in [6.07, 6.45) is 6.71. The molecule has 60 heavy (non-hydrogen) atoms. The van der Waals surface area contributed by atoms with Gasteiger partial charge in [-0.15, -0.1) is 0 Å². The Hall–Kier alpha value is -5.59. The SMILES string of the molecule is CC1(C)C(NC(=O)c2ncc(N3CCC(CCN4CCN(c5ccc6c(c5)C(=O)N(C5CCC(=O)NC5=O)C6=O)CC4)CC3)cn2)C(C)(C)C1Oc1ccc(C#N)c(Cl)c1. The lowest BCUT2D eigenvalue weighted by Crippen LogP contribution is -2.74. The zero-order valence-electron chi connectivity index (χ0n) is 34.4. The molecule has 0 radical (unpaired) electrons. The van der Waals surface area contributed by atoms with E-state index in [1.807, 2.05) is 6.07 Å². The smallest absolute Gasteiger partial charge is 0.289 e. The zero-order chi connectivity index (χ0) is 42.5. The minimum Gasteiger partial charge on any atom is -0.489 e. The van der Waals surface area contributed by atoms with Crippen LogP contribution in [0.15, 0.2) is 48.8 Å². The molecule has 5 aliphatic rings. The van der Waals surface area contributed by atoms with Crippen molar-refractivity contribution >= 4 is 52.5 Å². The Labute approximate surface area is 354 Å². The Morgan fingerprint density at radius 3 is 2.20 bits per heavy atom. The van der Waals surface area contributed by atoms with Gasteiger partial charge in [-0.05, 0) is 68.5 Å². The summed E-state index contributed by atoms with van der Waals surface area (Å²) in [5.74, 6) is -1.01. The van der Waals surface area contributed by atoms with Crippen LogP contribution in [0, 0.1) is 28.1 Å². The number of rotatable bonds is 10. The van der Waals surface area contributed by atoms with E-state index in [0.29, 0.717) is 33.4 Å². The Morgan fingerprint density at radius 1 is 0.883 bits per heavy atom. The molecule has 1 unspecified atom stereocenters. The van der Waals surface area contributed by atoms with Gasteiger partial charge in [0.05, 0.1) is 39.8 Å². The Kier molecular flexibility index (Phi) is 11.1. The fraction of sp³-hybridized carbons (Fsp3) is 0.500. The number of amides is 5. The Bertz CT molecular complexity index is 2240. The lowest BCUT2D eigenvalue weighted by molar-refractivity contribution is -0.164. The van der Waals surface area contributed by atoms with Gasteiger partial charge in [0.15, 0.2) is 0 Å². The van der Waals surface area contributed by atoms with Gasteiger partial charge in [-0.3, -0.25) is 39.1 Å². The average Bonchev–Trinajstić information content (AvgIpc) is 3.49. The molecule has 0 spiro atoms. The van der Waals surface area contributed by atoms with Gasteiger partial charge in [0.25, 0.3) is 17.7 Å². The number of nitriles is 1. The Balaban J connectivity index is 0.769. The maximum atomic E-state index is 13.4. The minimum atomic E-state index is -0.977. The number of nitrogens with zero attached hydrogens (tertiary/aromatic N) is 7. The number of ether oxygens (including phenoxy) is 1. The van der Waals surface area contributed by atoms with E-state index in [0.717, 1.165) is 81.4 Å². The van der Waals surface area contributed by atoms with Crippen molar-refractivity contribution < 1.29 is 28.7 Å². The highest BCUT2D eigenvalue weighted by molar-refractivity contribution is 6.31. The van der Waals surface area contributed by atoms with E-state index in [1.165, 1.54) is 0 Å². The number of aromatic nitrogens is 2. The summed E-state index contributed by atoms with van der Waals surface area (Å²) in [5, 5.41) is 14.9. The second-order valence-electron chi connectivity index (χ2n) is 17.8. The van der Waals surface area contributed by atoms with Crippen LogP contribution in [-0.2, 0) is 9.59 Å². The molecule has 3 saturated heterocycles. The lowest BCUT2D eigenvalue weighted by Gasteiger charge is -2.63. The first-order chi connectivity index (χ1) is 28.6. The summed E-state index contributed by atoms with van der Waals surface area (Å²) >= 11 is 6.24. The highest BCUT2D eigenvalue weighted by atomic mass is 35.5. The number of nitrogens with one attached hydrogen (secondary N) is 2. The van der Waals surface area contributed by atoms with E-state index < -0.39 is 40.5 Å². The third-order valence-electron chi connectivity index (χ3n) is 13.3. The quantitative estimate of drug-likeness (QED) is 0.275. The number of benzene rings is 2. The van der Waals surface area contributed by atoms with Gasteiger partial charge in [-0.25, -0.2) is 9.97 Å². The van der Waals surface area contributed by atoms with E-state index in [-0.39, 0.29) is 36.7 Å². The van der Waals surface area contributed by atoms with Gasteiger partial charge < -0.3 is 19.9 Å². The number of piperidine rings is 2.